The van der Waals surface area contributed by atoms with E-state index in [1.54, 1.807) is 9.48 Å². The zero-order valence-corrected chi connectivity index (χ0v) is 24.1. The molecule has 2 N–H and O–H groups in total. The fourth-order valence-electron chi connectivity index (χ4n) is 4.18. The maximum atomic E-state index is 12.8. The van der Waals surface area contributed by atoms with Crippen molar-refractivity contribution >= 4 is 21.7 Å². The number of aliphatic hydroxyl groups is 2. The van der Waals surface area contributed by atoms with E-state index in [0.29, 0.717) is 31.9 Å². The van der Waals surface area contributed by atoms with Crippen LogP contribution in [0.25, 0.3) is 0 Å². The molecule has 192 valence electrons. The summed E-state index contributed by atoms with van der Waals surface area (Å²) in [6.45, 7) is 3.30. The third kappa shape index (κ3) is 15.7. The molecule has 0 aromatic heterocycles. The van der Waals surface area contributed by atoms with Gasteiger partial charge in [-0.1, -0.05) is 57.6 Å². The Labute approximate surface area is 228 Å². The molecule has 1 atom stereocenters. The molecule has 0 aromatic rings. The number of aliphatic hydroxyl groups excluding tert-OH is 2. The summed E-state index contributed by atoms with van der Waals surface area (Å²) in [6.07, 6.45) is 16.2. The summed E-state index contributed by atoms with van der Waals surface area (Å²) in [5.74, 6) is -0.525. The molecule has 1 aliphatic heterocycles. The number of carbonyl (C=O) groups excluding carboxylic acids is 1. The van der Waals surface area contributed by atoms with E-state index in [9.17, 15) is 28.0 Å². The van der Waals surface area contributed by atoms with Crippen molar-refractivity contribution in [1.82, 2.24) is 4.90 Å². The first kappa shape index (κ1) is 33.7. The van der Waals surface area contributed by atoms with Crippen molar-refractivity contribution in [2.75, 3.05) is 38.5 Å². The maximum absolute atomic E-state index is 12.8. The Kier molecular flexibility index (Phi) is 19.7. The van der Waals surface area contributed by atoms with Gasteiger partial charge in [-0.3, -0.25) is 14.3 Å². The summed E-state index contributed by atoms with van der Waals surface area (Å²) in [5.41, 5.74) is 0. The second-order valence-corrected chi connectivity index (χ2v) is 10.4. The van der Waals surface area contributed by atoms with Crippen molar-refractivity contribution in [2.45, 2.75) is 90.1 Å². The Balaban J connectivity index is 0.0000109. The summed E-state index contributed by atoms with van der Waals surface area (Å²) in [6, 6.07) is 0. The number of hydrogen-bond acceptors (Lipinski definition) is 7. The van der Waals surface area contributed by atoms with Gasteiger partial charge in [-0.15, -0.1) is 0 Å². The van der Waals surface area contributed by atoms with Gasteiger partial charge in [-0.2, -0.15) is 0 Å². The molecule has 0 radical (unpaired) electrons. The Hall–Kier alpha value is -0.290. The first-order valence-corrected chi connectivity index (χ1v) is 14.1. The largest absolute Gasteiger partial charge is 1.00 e. The molecule has 34 heavy (non-hydrogen) atoms. The molecule has 0 fully saturated rings. The molecule has 0 aliphatic carbocycles. The van der Waals surface area contributed by atoms with Crippen molar-refractivity contribution < 1.29 is 62.1 Å². The van der Waals surface area contributed by atoms with Crippen molar-refractivity contribution in [3.8, 4) is 0 Å². The molecule has 0 spiro atoms. The quantitative estimate of drug-likeness (QED) is 0.0739. The monoisotopic (exact) mass is 511 g/mol. The van der Waals surface area contributed by atoms with E-state index in [1.807, 2.05) is 0 Å². The van der Waals surface area contributed by atoms with Crippen LogP contribution in [0.15, 0.2) is 12.2 Å². The predicted octanol–water partition coefficient (Wildman–Crippen LogP) is -0.558. The number of unbranched alkanes of at least 4 members (excludes halogenated alkanes) is 9. The normalized spacial score (nSPS) is 15.2. The first-order chi connectivity index (χ1) is 15.8. The second-order valence-electron chi connectivity index (χ2n) is 8.91. The van der Waals surface area contributed by atoms with Crippen LogP contribution >= 0.6 is 0 Å². The topological polar surface area (TPSA) is 121 Å². The van der Waals surface area contributed by atoms with E-state index in [4.69, 9.17) is 0 Å². The minimum Gasteiger partial charge on any atom is -0.748 e. The minimum absolute atomic E-state index is 0. The van der Waals surface area contributed by atoms with E-state index >= 15 is 0 Å². The molecule has 1 heterocycles. The number of amidine groups is 1. The van der Waals surface area contributed by atoms with Gasteiger partial charge in [-0.05, 0) is 32.1 Å². The van der Waals surface area contributed by atoms with E-state index in [-0.39, 0.29) is 48.5 Å². The fourth-order valence-corrected chi connectivity index (χ4v) is 4.76. The van der Waals surface area contributed by atoms with E-state index in [1.165, 1.54) is 38.5 Å². The van der Waals surface area contributed by atoms with Crippen LogP contribution in [-0.4, -0.2) is 88.9 Å². The van der Waals surface area contributed by atoms with E-state index in [2.05, 4.69) is 19.1 Å². The van der Waals surface area contributed by atoms with Crippen LogP contribution in [0.3, 0.4) is 0 Å². The molecule has 0 aromatic carbocycles. The molecular formula is C24H44N2NaO6S+. The summed E-state index contributed by atoms with van der Waals surface area (Å²) in [5, 5.41) is 19.2. The Morgan fingerprint density at radius 2 is 1.68 bits per heavy atom. The molecule has 1 rings (SSSR count). The van der Waals surface area contributed by atoms with Gasteiger partial charge in [-0.25, -0.2) is 8.42 Å². The minimum atomic E-state index is -4.54. The van der Waals surface area contributed by atoms with Gasteiger partial charge < -0.3 is 14.8 Å². The van der Waals surface area contributed by atoms with Crippen molar-refractivity contribution in [3.05, 3.63) is 12.2 Å². The Bertz CT molecular complexity index is 727. The average Bonchev–Trinajstić information content (AvgIpc) is 3.12. The van der Waals surface area contributed by atoms with Gasteiger partial charge in [0.05, 0.1) is 22.5 Å². The SMILES string of the molecule is CCCCC/C=C/CCCCCCCCC(=O)C1=[N+](CC(O)CS(=O)(=O)[O-])CCN1CCO.[Na+]. The molecule has 0 bridgehead atoms. The number of hydrogen-bond donors (Lipinski definition) is 2. The average molecular weight is 512 g/mol. The Morgan fingerprint density at radius 3 is 2.26 bits per heavy atom. The third-order valence-corrected chi connectivity index (χ3v) is 6.64. The van der Waals surface area contributed by atoms with Gasteiger partial charge in [0, 0.05) is 6.42 Å². The van der Waals surface area contributed by atoms with Crippen molar-refractivity contribution in [2.24, 2.45) is 0 Å². The number of allylic oxidation sites excluding steroid dienone is 2. The number of rotatable bonds is 20. The summed E-state index contributed by atoms with van der Waals surface area (Å²) < 4.78 is 34.3. The smallest absolute Gasteiger partial charge is 0.748 e. The van der Waals surface area contributed by atoms with Gasteiger partial charge >= 0.3 is 35.4 Å². The van der Waals surface area contributed by atoms with Crippen LogP contribution in [0.2, 0.25) is 0 Å². The zero-order chi connectivity index (χ0) is 24.5. The molecule has 1 unspecified atom stereocenters. The van der Waals surface area contributed by atoms with Crippen LogP contribution in [-0.2, 0) is 14.9 Å². The molecule has 1 aliphatic rings. The summed E-state index contributed by atoms with van der Waals surface area (Å²) >= 11 is 0. The molecule has 0 saturated carbocycles. The van der Waals surface area contributed by atoms with Gasteiger partial charge in [0.25, 0.3) is 0 Å². The van der Waals surface area contributed by atoms with Crippen LogP contribution in [0.4, 0.5) is 0 Å². The van der Waals surface area contributed by atoms with Crippen molar-refractivity contribution in [3.63, 3.8) is 0 Å². The predicted molar refractivity (Wildman–Crippen MR) is 129 cm³/mol. The number of carbonyl (C=O) groups is 1. The summed E-state index contributed by atoms with van der Waals surface area (Å²) in [4.78, 5) is 14.6. The standard InChI is InChI=1S/C24H44N2O6S.Na/c1-2-3-4-5-6-7-8-9-10-11-12-13-14-15-23(29)24-25(18-19-27)16-17-26(24)20-22(28)21-33(30,31)32;/h6-7,22,27-28H,2-5,8-21H2,1H3;/q;+1/b7-6+;. The molecule has 0 saturated heterocycles. The molecule has 0 amide bonds. The first-order valence-electron chi connectivity index (χ1n) is 12.6. The van der Waals surface area contributed by atoms with Crippen LogP contribution in [0, 0.1) is 0 Å². The van der Waals surface area contributed by atoms with Crippen LogP contribution in [0.5, 0.6) is 0 Å². The van der Waals surface area contributed by atoms with E-state index < -0.39 is 22.0 Å². The molecule has 8 nitrogen and oxygen atoms in total. The fraction of sp³-hybridized carbons (Fsp3) is 0.833. The van der Waals surface area contributed by atoms with Crippen molar-refractivity contribution in [1.29, 1.82) is 0 Å². The number of Topliss-reactive ketones (excluding diaryl/α,β-unsaturated/α-hetero) is 1. The zero-order valence-electron chi connectivity index (χ0n) is 21.3. The molecule has 10 heteroatoms. The Morgan fingerprint density at radius 1 is 1.09 bits per heavy atom. The van der Waals surface area contributed by atoms with E-state index in [0.717, 1.165) is 32.1 Å². The van der Waals surface area contributed by atoms with Gasteiger partial charge in [0.2, 0.25) is 5.78 Å². The van der Waals surface area contributed by atoms with Gasteiger partial charge in [0.15, 0.2) is 0 Å². The summed E-state index contributed by atoms with van der Waals surface area (Å²) in [7, 11) is -4.54. The number of β-amino-alcohol motifs (C(OH)–C–C–N with tert-alkyl or cyclic N) is 2. The van der Waals surface area contributed by atoms with Crippen LogP contribution < -0.4 is 29.6 Å². The molecular weight excluding hydrogens is 467 g/mol. The third-order valence-electron chi connectivity index (χ3n) is 5.85. The number of nitrogens with zero attached hydrogens (tertiary/aromatic N) is 2. The van der Waals surface area contributed by atoms with Crippen LogP contribution in [0.1, 0.15) is 84.0 Å². The number of ketones is 1. The van der Waals surface area contributed by atoms with Gasteiger partial charge in [0.1, 0.15) is 32.3 Å². The second kappa shape index (κ2) is 19.8. The maximum Gasteiger partial charge on any atom is 1.00 e.